The predicted octanol–water partition coefficient (Wildman–Crippen LogP) is 18.8. The molecule has 8 aromatic rings. The zero-order valence-corrected chi connectivity index (χ0v) is 42.7. The van der Waals surface area contributed by atoms with E-state index in [1.807, 2.05) is 0 Å². The molecule has 1 atom stereocenters. The third-order valence-corrected chi connectivity index (χ3v) is 14.6. The van der Waals surface area contributed by atoms with Gasteiger partial charge in [0.25, 0.3) is 0 Å². The zero-order chi connectivity index (χ0) is 49.6. The van der Waals surface area contributed by atoms with Crippen LogP contribution in [0, 0.1) is 41.5 Å². The molecule has 10 rings (SSSR count). The monoisotopic (exact) mass is 922 g/mol. The molecule has 0 heterocycles. The van der Waals surface area contributed by atoms with Gasteiger partial charge in [-0.1, -0.05) is 143 Å². The lowest BCUT2D eigenvalue weighted by Crippen LogP contribution is -2.29. The maximum Gasteiger partial charge on any atom is 0.0687 e. The smallest absolute Gasteiger partial charge is 0.0687 e. The van der Waals surface area contributed by atoms with Crippen LogP contribution < -0.4 is 14.7 Å². The minimum atomic E-state index is -0.721. The lowest BCUT2D eigenvalue weighted by atomic mass is 9.68. The minimum absolute atomic E-state index is 0.721. The van der Waals surface area contributed by atoms with Gasteiger partial charge in [-0.25, -0.2) is 0 Å². The van der Waals surface area contributed by atoms with Gasteiger partial charge in [0.2, 0.25) is 0 Å². The second-order valence-corrected chi connectivity index (χ2v) is 19.6. The van der Waals surface area contributed by atoms with Crippen molar-refractivity contribution in [3.8, 4) is 0 Å². The largest absolute Gasteiger partial charge is 0.315 e. The molecule has 0 fully saturated rings. The van der Waals surface area contributed by atoms with Crippen LogP contribution in [0.15, 0.2) is 230 Å². The molecule has 0 aromatic heterocycles. The van der Waals surface area contributed by atoms with E-state index in [2.05, 4.69) is 290 Å². The summed E-state index contributed by atoms with van der Waals surface area (Å²) in [5.41, 5.74) is 26.3. The molecule has 0 bridgehead atoms. The Bertz CT molecular complexity index is 3280. The van der Waals surface area contributed by atoms with Crippen LogP contribution >= 0.6 is 0 Å². The van der Waals surface area contributed by atoms with Gasteiger partial charge in [-0.2, -0.15) is 0 Å². The number of aryl methyl sites for hydroxylation is 6. The summed E-state index contributed by atoms with van der Waals surface area (Å²) >= 11 is 0. The van der Waals surface area contributed by atoms with Crippen LogP contribution in [0.5, 0.6) is 0 Å². The molecule has 0 amide bonds. The van der Waals surface area contributed by atoms with E-state index in [0.717, 1.165) is 56.8 Å². The molecule has 1 unspecified atom stereocenters. The van der Waals surface area contributed by atoms with E-state index >= 15 is 0 Å². The topological polar surface area (TPSA) is 9.72 Å². The molecule has 71 heavy (non-hydrogen) atoms. The Morgan fingerprint density at radius 2 is 0.718 bits per heavy atom. The van der Waals surface area contributed by atoms with Crippen molar-refractivity contribution in [2.45, 2.75) is 67.7 Å². The van der Waals surface area contributed by atoms with E-state index in [1.54, 1.807) is 0 Å². The van der Waals surface area contributed by atoms with E-state index in [1.165, 1.54) is 72.4 Å². The van der Waals surface area contributed by atoms with E-state index in [9.17, 15) is 0 Å². The van der Waals surface area contributed by atoms with Crippen LogP contribution in [-0.2, 0) is 5.41 Å². The first-order chi connectivity index (χ1) is 34.4. The van der Waals surface area contributed by atoms with Crippen LogP contribution in [0.2, 0.25) is 0 Å². The van der Waals surface area contributed by atoms with Gasteiger partial charge in [0, 0.05) is 51.2 Å². The fourth-order valence-electron chi connectivity index (χ4n) is 10.9. The maximum absolute atomic E-state index is 4.63. The Kier molecular flexibility index (Phi) is 12.5. The van der Waals surface area contributed by atoms with Gasteiger partial charge in [-0.3, -0.25) is 0 Å². The predicted molar refractivity (Wildman–Crippen MR) is 305 cm³/mol. The summed E-state index contributed by atoms with van der Waals surface area (Å²) in [5, 5.41) is 0. The van der Waals surface area contributed by atoms with Gasteiger partial charge in [-0.05, 0) is 210 Å². The first kappa shape index (κ1) is 46.6. The molecule has 8 aromatic carbocycles. The van der Waals surface area contributed by atoms with Crippen LogP contribution in [0.3, 0.4) is 0 Å². The van der Waals surface area contributed by atoms with Crippen LogP contribution in [0.25, 0.3) is 11.1 Å². The molecule has 350 valence electrons. The van der Waals surface area contributed by atoms with E-state index in [0.29, 0.717) is 0 Å². The van der Waals surface area contributed by atoms with Crippen molar-refractivity contribution in [1.29, 1.82) is 0 Å². The number of benzene rings is 8. The highest BCUT2D eigenvalue weighted by Crippen LogP contribution is 2.63. The highest BCUT2D eigenvalue weighted by atomic mass is 15.2. The van der Waals surface area contributed by atoms with Crippen molar-refractivity contribution in [2.75, 3.05) is 14.7 Å². The van der Waals surface area contributed by atoms with Crippen LogP contribution in [0.1, 0.15) is 76.4 Å². The van der Waals surface area contributed by atoms with Crippen molar-refractivity contribution in [1.82, 2.24) is 0 Å². The molecule has 0 N–H and O–H groups in total. The molecule has 1 spiro atoms. The second-order valence-electron chi connectivity index (χ2n) is 19.6. The summed E-state index contributed by atoms with van der Waals surface area (Å²) in [5.74, 6) is 0. The number of fused-ring (bicyclic) bond motifs is 4. The quantitative estimate of drug-likeness (QED) is 0.121. The van der Waals surface area contributed by atoms with Crippen molar-refractivity contribution in [3.05, 3.63) is 285 Å². The Morgan fingerprint density at radius 1 is 0.408 bits per heavy atom. The number of hydrogen-bond donors (Lipinski definition) is 0. The second kappa shape index (κ2) is 19.0. The third-order valence-electron chi connectivity index (χ3n) is 14.6. The van der Waals surface area contributed by atoms with Crippen molar-refractivity contribution in [3.63, 3.8) is 0 Å². The number of nitrogens with zero attached hydrogens (tertiary/aromatic N) is 3. The Labute approximate surface area is 422 Å². The summed E-state index contributed by atoms with van der Waals surface area (Å²) < 4.78 is 0. The highest BCUT2D eigenvalue weighted by molar-refractivity contribution is 6.01. The Morgan fingerprint density at radius 3 is 1.04 bits per heavy atom. The van der Waals surface area contributed by atoms with Gasteiger partial charge < -0.3 is 14.7 Å². The molecule has 3 heteroatoms. The van der Waals surface area contributed by atoms with E-state index < -0.39 is 5.41 Å². The first-order valence-electron chi connectivity index (χ1n) is 24.9. The molecule has 0 radical (unpaired) electrons. The number of hydrogen-bond acceptors (Lipinski definition) is 3. The lowest BCUT2D eigenvalue weighted by molar-refractivity contribution is 0.757. The average molecular weight is 922 g/mol. The standard InChI is InChI=1S/C68H63N3/c1-11-13-62-52(10)68(67-44-60(39-41-64(62)67)71(57-34-22-49(7)23-35-57)58-36-24-50(8)25-37-58)65(42-51(9)69(53-26-14-45(3)15-27-53)54-28-16-46(4)17-29-54)61(12-2)63-40-38-59(43-66(63)68)70(55-30-18-47(5)19-31-55)56-32-20-48(6)21-33-56/h11-44H,2H2,1,3-10H3/b13-11-,51-42+. The van der Waals surface area contributed by atoms with Gasteiger partial charge in [-0.15, -0.1) is 0 Å². The summed E-state index contributed by atoms with van der Waals surface area (Å²) in [6, 6.07) is 67.7. The SMILES string of the molecule is C=CC1=C(/C=C(\C)N(c2ccc(C)cc2)c2ccc(C)cc2)C2(C(C)=C(/C=C\C)c3ccc(N(c4ccc(C)cc4)c4ccc(C)cc4)cc32)c2cc(N(c3ccc(C)cc3)c3ccc(C)cc3)ccc21. The molecule has 0 saturated carbocycles. The summed E-state index contributed by atoms with van der Waals surface area (Å²) in [4.78, 5) is 7.22. The van der Waals surface area contributed by atoms with Gasteiger partial charge in [0.05, 0.1) is 5.41 Å². The number of rotatable bonds is 12. The Hall–Kier alpha value is -8.14. The zero-order valence-electron chi connectivity index (χ0n) is 42.7. The lowest BCUT2D eigenvalue weighted by Gasteiger charge is -2.36. The maximum atomic E-state index is 4.63. The summed E-state index contributed by atoms with van der Waals surface area (Å²) in [6.07, 6.45) is 9.07. The Balaban J connectivity index is 1.29. The normalized spacial score (nSPS) is 15.1. The van der Waals surface area contributed by atoms with Crippen LogP contribution in [0.4, 0.5) is 45.5 Å². The van der Waals surface area contributed by atoms with Gasteiger partial charge >= 0.3 is 0 Å². The number of allylic oxidation sites excluding steroid dienone is 9. The molecule has 2 aliphatic rings. The molecule has 0 aliphatic heterocycles. The molecule has 3 nitrogen and oxygen atoms in total. The summed E-state index contributed by atoms with van der Waals surface area (Å²) in [6.45, 7) is 24.3. The van der Waals surface area contributed by atoms with Gasteiger partial charge in [0.1, 0.15) is 0 Å². The fourth-order valence-corrected chi connectivity index (χ4v) is 10.9. The fraction of sp³-hybridized carbons (Fsp3) is 0.147. The van der Waals surface area contributed by atoms with Crippen molar-refractivity contribution in [2.24, 2.45) is 0 Å². The van der Waals surface area contributed by atoms with Crippen molar-refractivity contribution >= 4 is 56.6 Å². The molecular weight excluding hydrogens is 859 g/mol. The summed E-state index contributed by atoms with van der Waals surface area (Å²) in [7, 11) is 0. The molecule has 2 aliphatic carbocycles. The molecule has 0 saturated heterocycles. The minimum Gasteiger partial charge on any atom is -0.315 e. The van der Waals surface area contributed by atoms with E-state index in [4.69, 9.17) is 0 Å². The molecular formula is C68H63N3. The first-order valence-corrected chi connectivity index (χ1v) is 24.9. The third kappa shape index (κ3) is 8.36. The van der Waals surface area contributed by atoms with Crippen molar-refractivity contribution < 1.29 is 0 Å². The van der Waals surface area contributed by atoms with Gasteiger partial charge in [0.15, 0.2) is 0 Å². The average Bonchev–Trinajstić information content (AvgIpc) is 3.78. The highest BCUT2D eigenvalue weighted by Gasteiger charge is 2.52. The van der Waals surface area contributed by atoms with E-state index in [-0.39, 0.29) is 0 Å². The van der Waals surface area contributed by atoms with Crippen LogP contribution in [-0.4, -0.2) is 0 Å². The number of anilines is 8.